The minimum Gasteiger partial charge on any atom is -0.253 e. The summed E-state index contributed by atoms with van der Waals surface area (Å²) in [5.41, 5.74) is 6.48. The molecule has 0 unspecified atom stereocenters. The quantitative estimate of drug-likeness (QED) is 0.733. The molecule has 1 heterocycles. The largest absolute Gasteiger partial charge is 0.253 e. The molecule has 0 aliphatic carbocycles. The summed E-state index contributed by atoms with van der Waals surface area (Å²) in [5.74, 6) is 0. The molecule has 1 heteroatoms. The van der Waals surface area contributed by atoms with Crippen molar-refractivity contribution in [1.29, 1.82) is 0 Å². The lowest BCUT2D eigenvalue weighted by Gasteiger charge is -2.08. The highest BCUT2D eigenvalue weighted by molar-refractivity contribution is 6.04. The van der Waals surface area contributed by atoms with Gasteiger partial charge < -0.3 is 0 Å². The molecule has 0 aromatic heterocycles. The first-order chi connectivity index (χ1) is 9.38. The van der Waals surface area contributed by atoms with Crippen LogP contribution in [0.1, 0.15) is 42.9 Å². The summed E-state index contributed by atoms with van der Waals surface area (Å²) in [5, 5.41) is 0. The fraction of sp³-hybridized carbons (Fsp3) is 0.278. The smallest absolute Gasteiger partial charge is 0.0668 e. The van der Waals surface area contributed by atoms with Crippen molar-refractivity contribution in [3.8, 4) is 0 Å². The minimum absolute atomic E-state index is 0.992. The van der Waals surface area contributed by atoms with Crippen LogP contribution in [0, 0.1) is 0 Å². The maximum Gasteiger partial charge on any atom is 0.0668 e. The Morgan fingerprint density at radius 3 is 2.53 bits per heavy atom. The fourth-order valence-corrected chi connectivity index (χ4v) is 2.67. The van der Waals surface area contributed by atoms with Crippen molar-refractivity contribution in [2.45, 2.75) is 32.6 Å². The minimum atomic E-state index is 0.992. The SMILES string of the molecule is CCCCC1=Nc2ccccc2Cc2ccccc21. The van der Waals surface area contributed by atoms with Crippen LogP contribution in [0.2, 0.25) is 0 Å². The monoisotopic (exact) mass is 249 g/mol. The second kappa shape index (κ2) is 5.40. The molecule has 0 amide bonds. The molecule has 1 aliphatic heterocycles. The van der Waals surface area contributed by atoms with Gasteiger partial charge in [-0.25, -0.2) is 0 Å². The molecule has 0 N–H and O–H groups in total. The van der Waals surface area contributed by atoms with Crippen molar-refractivity contribution in [2.75, 3.05) is 0 Å². The lowest BCUT2D eigenvalue weighted by Crippen LogP contribution is -2.03. The summed E-state index contributed by atoms with van der Waals surface area (Å²) < 4.78 is 0. The molecule has 0 bridgehead atoms. The molecule has 96 valence electrons. The Bertz CT molecular complexity index is 611. The van der Waals surface area contributed by atoms with E-state index >= 15 is 0 Å². The van der Waals surface area contributed by atoms with E-state index in [0.717, 1.165) is 18.5 Å². The third-order valence-electron chi connectivity index (χ3n) is 3.72. The zero-order valence-corrected chi connectivity index (χ0v) is 11.4. The molecule has 0 saturated carbocycles. The predicted molar refractivity (Wildman–Crippen MR) is 81.4 cm³/mol. The van der Waals surface area contributed by atoms with E-state index in [-0.39, 0.29) is 0 Å². The van der Waals surface area contributed by atoms with Crippen LogP contribution in [-0.4, -0.2) is 5.71 Å². The summed E-state index contributed by atoms with van der Waals surface area (Å²) in [6.45, 7) is 2.23. The van der Waals surface area contributed by atoms with Crippen LogP contribution in [0.5, 0.6) is 0 Å². The summed E-state index contributed by atoms with van der Waals surface area (Å²) >= 11 is 0. The standard InChI is InChI=1S/C18H19N/c1-2-3-11-18-16-10-6-4-8-14(16)13-15-9-5-7-12-17(15)19-18/h4-10,12H,2-3,11,13H2,1H3. The number of hydrogen-bond donors (Lipinski definition) is 0. The molecular formula is C18H19N. The number of aliphatic imine (C=N–C) groups is 1. The van der Waals surface area contributed by atoms with Crippen molar-refractivity contribution >= 4 is 11.4 Å². The fourth-order valence-electron chi connectivity index (χ4n) is 2.67. The van der Waals surface area contributed by atoms with Gasteiger partial charge in [0.05, 0.1) is 5.69 Å². The number of benzene rings is 2. The summed E-state index contributed by atoms with van der Waals surface area (Å²) in [7, 11) is 0. The third-order valence-corrected chi connectivity index (χ3v) is 3.72. The predicted octanol–water partition coefficient (Wildman–Crippen LogP) is 4.90. The van der Waals surface area contributed by atoms with E-state index in [0.29, 0.717) is 0 Å². The first-order valence-electron chi connectivity index (χ1n) is 7.12. The van der Waals surface area contributed by atoms with E-state index in [1.807, 2.05) is 0 Å². The lowest BCUT2D eigenvalue weighted by molar-refractivity contribution is 0.835. The molecule has 0 saturated heterocycles. The number of unbranched alkanes of at least 4 members (excludes halogenated alkanes) is 1. The normalized spacial score (nSPS) is 13.2. The van der Waals surface area contributed by atoms with Crippen molar-refractivity contribution in [3.05, 3.63) is 65.2 Å². The van der Waals surface area contributed by atoms with Crippen LogP contribution >= 0.6 is 0 Å². The number of para-hydroxylation sites is 1. The average Bonchev–Trinajstić information content (AvgIpc) is 2.61. The average molecular weight is 249 g/mol. The molecule has 0 atom stereocenters. The van der Waals surface area contributed by atoms with E-state index in [9.17, 15) is 0 Å². The maximum absolute atomic E-state index is 4.93. The Balaban J connectivity index is 2.11. The van der Waals surface area contributed by atoms with Gasteiger partial charge in [0.25, 0.3) is 0 Å². The molecule has 1 nitrogen and oxygen atoms in total. The Kier molecular flexibility index (Phi) is 3.45. The Morgan fingerprint density at radius 1 is 0.947 bits per heavy atom. The van der Waals surface area contributed by atoms with E-state index in [1.54, 1.807) is 0 Å². The Labute approximate surface area is 115 Å². The van der Waals surface area contributed by atoms with Crippen molar-refractivity contribution < 1.29 is 0 Å². The Morgan fingerprint density at radius 2 is 1.68 bits per heavy atom. The highest BCUT2D eigenvalue weighted by Crippen LogP contribution is 2.29. The molecule has 0 radical (unpaired) electrons. The molecule has 0 spiro atoms. The molecular weight excluding hydrogens is 230 g/mol. The third kappa shape index (κ3) is 2.46. The van der Waals surface area contributed by atoms with Gasteiger partial charge in [0.15, 0.2) is 0 Å². The van der Waals surface area contributed by atoms with Crippen LogP contribution in [0.3, 0.4) is 0 Å². The van der Waals surface area contributed by atoms with Gasteiger partial charge in [-0.15, -0.1) is 0 Å². The highest BCUT2D eigenvalue weighted by Gasteiger charge is 2.15. The molecule has 2 aromatic carbocycles. The van der Waals surface area contributed by atoms with Crippen molar-refractivity contribution in [1.82, 2.24) is 0 Å². The summed E-state index contributed by atoms with van der Waals surface area (Å²) in [6, 6.07) is 17.2. The van der Waals surface area contributed by atoms with Gasteiger partial charge in [-0.05, 0) is 35.6 Å². The summed E-state index contributed by atoms with van der Waals surface area (Å²) in [4.78, 5) is 4.93. The lowest BCUT2D eigenvalue weighted by atomic mass is 9.96. The molecule has 1 aliphatic rings. The van der Waals surface area contributed by atoms with Crippen molar-refractivity contribution in [3.63, 3.8) is 0 Å². The van der Waals surface area contributed by atoms with Gasteiger partial charge in [0, 0.05) is 12.1 Å². The zero-order valence-electron chi connectivity index (χ0n) is 11.4. The van der Waals surface area contributed by atoms with Gasteiger partial charge >= 0.3 is 0 Å². The Hall–Kier alpha value is -1.89. The van der Waals surface area contributed by atoms with Crippen LogP contribution in [-0.2, 0) is 6.42 Å². The molecule has 19 heavy (non-hydrogen) atoms. The van der Waals surface area contributed by atoms with Gasteiger partial charge in [0.1, 0.15) is 0 Å². The van der Waals surface area contributed by atoms with Crippen LogP contribution in [0.25, 0.3) is 0 Å². The van der Waals surface area contributed by atoms with E-state index in [1.165, 1.54) is 35.2 Å². The summed E-state index contributed by atoms with van der Waals surface area (Å²) in [6.07, 6.45) is 4.48. The molecule has 0 fully saturated rings. The first kappa shape index (κ1) is 12.2. The van der Waals surface area contributed by atoms with Crippen LogP contribution in [0.15, 0.2) is 53.5 Å². The van der Waals surface area contributed by atoms with Crippen LogP contribution in [0.4, 0.5) is 5.69 Å². The van der Waals surface area contributed by atoms with Crippen LogP contribution < -0.4 is 0 Å². The van der Waals surface area contributed by atoms with E-state index in [2.05, 4.69) is 55.5 Å². The first-order valence-corrected chi connectivity index (χ1v) is 7.12. The van der Waals surface area contributed by atoms with E-state index in [4.69, 9.17) is 4.99 Å². The number of hydrogen-bond acceptors (Lipinski definition) is 1. The zero-order chi connectivity index (χ0) is 13.1. The second-order valence-corrected chi connectivity index (χ2v) is 5.12. The van der Waals surface area contributed by atoms with E-state index < -0.39 is 0 Å². The number of rotatable bonds is 3. The van der Waals surface area contributed by atoms with Gasteiger partial charge in [-0.3, -0.25) is 4.99 Å². The molecule has 2 aromatic rings. The number of nitrogens with zero attached hydrogens (tertiary/aromatic N) is 1. The topological polar surface area (TPSA) is 12.4 Å². The van der Waals surface area contributed by atoms with Gasteiger partial charge in [0.2, 0.25) is 0 Å². The van der Waals surface area contributed by atoms with Crippen molar-refractivity contribution in [2.24, 2.45) is 4.99 Å². The number of fused-ring (bicyclic) bond motifs is 2. The van der Waals surface area contributed by atoms with Gasteiger partial charge in [-0.1, -0.05) is 55.8 Å². The highest BCUT2D eigenvalue weighted by atomic mass is 14.8. The molecule has 3 rings (SSSR count). The van der Waals surface area contributed by atoms with Gasteiger partial charge in [-0.2, -0.15) is 0 Å². The maximum atomic E-state index is 4.93. The second-order valence-electron chi connectivity index (χ2n) is 5.12.